The summed E-state index contributed by atoms with van der Waals surface area (Å²) in [5.74, 6) is 0. The van der Waals surface area contributed by atoms with Crippen molar-refractivity contribution in [3.63, 3.8) is 0 Å². The van der Waals surface area contributed by atoms with Crippen LogP contribution in [0.2, 0.25) is 0 Å². The molecule has 0 spiro atoms. The Morgan fingerprint density at radius 3 is 1.68 bits per heavy atom. The van der Waals surface area contributed by atoms with Crippen molar-refractivity contribution in [1.82, 2.24) is 0 Å². The van der Waals surface area contributed by atoms with Crippen LogP contribution >= 0.6 is 11.3 Å². The Morgan fingerprint density at radius 1 is 0.470 bits per heavy atom. The number of aryl methyl sites for hydroxylation is 2. The molecule has 0 atom stereocenters. The molecule has 4 aliphatic rings. The number of nitrogens with zero attached hydrogens (tertiary/aromatic N) is 2. The van der Waals surface area contributed by atoms with Crippen molar-refractivity contribution in [2.24, 2.45) is 0 Å². The molecule has 0 bridgehead atoms. The number of hydrogen-bond acceptors (Lipinski definition) is 3. The van der Waals surface area contributed by atoms with Crippen LogP contribution in [0.1, 0.15) is 139 Å². The van der Waals surface area contributed by atoms with E-state index in [9.17, 15) is 0 Å². The minimum atomic E-state index is -0.206. The van der Waals surface area contributed by atoms with Crippen LogP contribution in [-0.4, -0.2) is 6.71 Å². The first-order valence-electron chi connectivity index (χ1n) is 24.4. The van der Waals surface area contributed by atoms with Crippen LogP contribution in [0.4, 0.5) is 34.1 Å². The van der Waals surface area contributed by atoms with Crippen molar-refractivity contribution in [1.29, 1.82) is 0 Å². The molecule has 2 aliphatic carbocycles. The monoisotopic (exact) mass is 878 g/mol. The first-order valence-corrected chi connectivity index (χ1v) is 25.2. The van der Waals surface area contributed by atoms with Gasteiger partial charge < -0.3 is 9.80 Å². The van der Waals surface area contributed by atoms with E-state index in [1.807, 2.05) is 11.3 Å². The molecule has 2 nitrogen and oxygen atoms in total. The Balaban J connectivity index is 1.28. The van der Waals surface area contributed by atoms with Crippen molar-refractivity contribution in [3.05, 3.63) is 171 Å². The topological polar surface area (TPSA) is 6.48 Å². The largest absolute Gasteiger partial charge is 0.311 e. The van der Waals surface area contributed by atoms with E-state index in [1.165, 1.54) is 134 Å². The number of benzene rings is 7. The molecule has 1 aromatic heterocycles. The van der Waals surface area contributed by atoms with Crippen LogP contribution in [0.15, 0.2) is 121 Å². The van der Waals surface area contributed by atoms with E-state index in [0.29, 0.717) is 0 Å². The van der Waals surface area contributed by atoms with Crippen molar-refractivity contribution in [2.45, 2.75) is 130 Å². The van der Waals surface area contributed by atoms with Gasteiger partial charge in [0, 0.05) is 59.7 Å². The number of fused-ring (bicyclic) bond motifs is 11. The van der Waals surface area contributed by atoms with Gasteiger partial charge in [-0.05, 0) is 157 Å². The van der Waals surface area contributed by atoms with E-state index in [-0.39, 0.29) is 33.8 Å². The van der Waals surface area contributed by atoms with E-state index >= 15 is 0 Å². The van der Waals surface area contributed by atoms with Crippen molar-refractivity contribution in [3.8, 4) is 0 Å². The summed E-state index contributed by atoms with van der Waals surface area (Å²) in [4.78, 5) is 5.40. The highest BCUT2D eigenvalue weighted by atomic mass is 32.1. The van der Waals surface area contributed by atoms with Crippen LogP contribution in [0.3, 0.4) is 0 Å². The van der Waals surface area contributed by atoms with Gasteiger partial charge >= 0.3 is 0 Å². The zero-order valence-electron chi connectivity index (χ0n) is 41.3. The minimum absolute atomic E-state index is 0.00279. The maximum absolute atomic E-state index is 2.75. The van der Waals surface area contributed by atoms with E-state index in [4.69, 9.17) is 0 Å². The van der Waals surface area contributed by atoms with Gasteiger partial charge in [0.15, 0.2) is 0 Å². The smallest absolute Gasteiger partial charge is 0.254 e. The Kier molecular flexibility index (Phi) is 8.58. The molecule has 66 heavy (non-hydrogen) atoms. The fourth-order valence-corrected chi connectivity index (χ4v) is 14.2. The molecule has 7 aromatic carbocycles. The zero-order chi connectivity index (χ0) is 46.2. The van der Waals surface area contributed by atoms with Gasteiger partial charge in [0.1, 0.15) is 0 Å². The van der Waals surface area contributed by atoms with E-state index < -0.39 is 0 Å². The highest BCUT2D eigenvalue weighted by Gasteiger charge is 2.49. The van der Waals surface area contributed by atoms with Gasteiger partial charge in [0.25, 0.3) is 6.71 Å². The summed E-state index contributed by atoms with van der Waals surface area (Å²) < 4.78 is 2.74. The number of para-hydroxylation sites is 1. The number of rotatable bonds is 2. The lowest BCUT2D eigenvalue weighted by Crippen LogP contribution is -2.62. The Morgan fingerprint density at radius 2 is 1.03 bits per heavy atom. The van der Waals surface area contributed by atoms with E-state index in [0.717, 1.165) is 0 Å². The molecule has 3 heterocycles. The molecule has 0 fully saturated rings. The molecule has 330 valence electrons. The second-order valence-electron chi connectivity index (χ2n) is 23.7. The van der Waals surface area contributed by atoms with Crippen LogP contribution in [0.5, 0.6) is 0 Å². The third kappa shape index (κ3) is 5.60. The molecule has 0 amide bonds. The minimum Gasteiger partial charge on any atom is -0.311 e. The van der Waals surface area contributed by atoms with Crippen LogP contribution in [0.25, 0.3) is 20.2 Å². The molecule has 2 aliphatic heterocycles. The lowest BCUT2D eigenvalue weighted by Gasteiger charge is -2.49. The second-order valence-corrected chi connectivity index (χ2v) is 24.8. The van der Waals surface area contributed by atoms with Gasteiger partial charge in [-0.25, -0.2) is 0 Å². The predicted octanol–water partition coefficient (Wildman–Crippen LogP) is 15.4. The molecular weight excluding hydrogens is 816 g/mol. The van der Waals surface area contributed by atoms with Gasteiger partial charge in [0.05, 0.1) is 0 Å². The molecular formula is C62H63BN2S. The molecule has 0 radical (unpaired) electrons. The average molecular weight is 879 g/mol. The van der Waals surface area contributed by atoms with Crippen LogP contribution in [-0.2, 0) is 27.1 Å². The summed E-state index contributed by atoms with van der Waals surface area (Å²) in [6.07, 6.45) is 2.37. The standard InChI is InChI=1S/C62H63BN2S/c1-36-20-14-18-24-48(36)64-49-27-26-40-39-21-15-19-25-54(39)66-57(40)56(49)63-47-33-45-46(62(12,13)42-23-17-16-22-41(42)61(45,10)11)35-51(47)65(53-32-38(58(3,4)5)31-52(64)55(53)63)50-34-44-43(30-37(50)2)59(6,7)28-29-60(44,8)9/h14-27,30-35H,28-29H2,1-13H3. The average Bonchev–Trinajstić information content (AvgIpc) is 3.66. The number of anilines is 6. The van der Waals surface area contributed by atoms with Crippen LogP contribution < -0.4 is 26.2 Å². The molecule has 0 saturated carbocycles. The van der Waals surface area contributed by atoms with E-state index in [2.05, 4.69) is 221 Å². The van der Waals surface area contributed by atoms with Gasteiger partial charge in [-0.3, -0.25) is 0 Å². The van der Waals surface area contributed by atoms with Gasteiger partial charge in [-0.1, -0.05) is 155 Å². The highest BCUT2D eigenvalue weighted by Crippen LogP contribution is 2.55. The lowest BCUT2D eigenvalue weighted by atomic mass is 9.33. The van der Waals surface area contributed by atoms with Gasteiger partial charge in [-0.2, -0.15) is 0 Å². The Labute approximate surface area is 397 Å². The first kappa shape index (κ1) is 41.8. The summed E-state index contributed by atoms with van der Waals surface area (Å²) in [6, 6.07) is 48.0. The molecule has 0 saturated heterocycles. The molecule has 0 N–H and O–H groups in total. The van der Waals surface area contributed by atoms with Crippen LogP contribution in [0, 0.1) is 13.8 Å². The summed E-state index contributed by atoms with van der Waals surface area (Å²) in [6.45, 7) is 31.6. The number of hydrogen-bond donors (Lipinski definition) is 0. The van der Waals surface area contributed by atoms with Crippen molar-refractivity contribution < 1.29 is 0 Å². The Bertz CT molecular complexity index is 3410. The zero-order valence-corrected chi connectivity index (χ0v) is 42.2. The summed E-state index contributed by atoms with van der Waals surface area (Å²) >= 11 is 1.98. The molecule has 12 rings (SSSR count). The van der Waals surface area contributed by atoms with Gasteiger partial charge in [-0.15, -0.1) is 11.3 Å². The molecule has 0 unspecified atom stereocenters. The third-order valence-corrected chi connectivity index (χ3v) is 18.2. The fraction of sp³-hybridized carbons (Fsp3) is 0.323. The Hall–Kier alpha value is -5.58. The lowest BCUT2D eigenvalue weighted by molar-refractivity contribution is 0.332. The molecule has 4 heteroatoms. The normalized spacial score (nSPS) is 18.0. The second kappa shape index (κ2) is 13.5. The quantitative estimate of drug-likeness (QED) is 0.160. The fourth-order valence-electron chi connectivity index (χ4n) is 12.9. The van der Waals surface area contributed by atoms with Gasteiger partial charge in [0.2, 0.25) is 0 Å². The first-order chi connectivity index (χ1) is 31.2. The summed E-state index contributed by atoms with van der Waals surface area (Å²) in [5.41, 5.74) is 24.3. The highest BCUT2D eigenvalue weighted by molar-refractivity contribution is 7.28. The van der Waals surface area contributed by atoms with E-state index in [1.54, 1.807) is 0 Å². The maximum atomic E-state index is 2.75. The molecule has 8 aromatic rings. The maximum Gasteiger partial charge on any atom is 0.254 e. The van der Waals surface area contributed by atoms with Crippen molar-refractivity contribution >= 4 is 88.7 Å². The predicted molar refractivity (Wildman–Crippen MR) is 288 cm³/mol. The number of thiophene rings is 1. The third-order valence-electron chi connectivity index (χ3n) is 17.0. The summed E-state index contributed by atoms with van der Waals surface area (Å²) in [5, 5.41) is 2.69. The van der Waals surface area contributed by atoms with Crippen molar-refractivity contribution in [2.75, 3.05) is 9.80 Å². The summed E-state index contributed by atoms with van der Waals surface area (Å²) in [7, 11) is 0. The SMILES string of the molecule is Cc1cc2c(cc1N1c3cc4c(cc3B3c5c1cc(C(C)(C)C)cc5N(c1ccccc1C)c1ccc5c(sc6ccccc65)c13)C(C)(C)c1ccccc1C4(C)C)C(C)(C)CCC2(C)C.